The minimum atomic E-state index is -3.60. The van der Waals surface area contributed by atoms with Gasteiger partial charge in [0.15, 0.2) is 0 Å². The number of benzene rings is 1. The maximum Gasteiger partial charge on any atom is 0.252 e. The van der Waals surface area contributed by atoms with Crippen LogP contribution in [0.5, 0.6) is 0 Å². The summed E-state index contributed by atoms with van der Waals surface area (Å²) in [5.41, 5.74) is 2.79. The summed E-state index contributed by atoms with van der Waals surface area (Å²) in [4.78, 5) is 27.7. The van der Waals surface area contributed by atoms with Crippen molar-refractivity contribution in [1.29, 1.82) is 0 Å². The minimum absolute atomic E-state index is 0.0837. The first-order chi connectivity index (χ1) is 14.6. The van der Waals surface area contributed by atoms with Crippen molar-refractivity contribution in [3.05, 3.63) is 46.3 Å². The molecule has 9 heteroatoms. The van der Waals surface area contributed by atoms with Gasteiger partial charge in [-0.2, -0.15) is 4.31 Å². The maximum atomic E-state index is 12.9. The van der Waals surface area contributed by atoms with E-state index >= 15 is 0 Å². The van der Waals surface area contributed by atoms with Crippen LogP contribution in [0.4, 0.5) is 5.69 Å². The number of hydrogen-bond donors (Lipinski definition) is 1. The van der Waals surface area contributed by atoms with E-state index in [1.165, 1.54) is 20.5 Å². The number of carbonyl (C=O) groups is 2. The smallest absolute Gasteiger partial charge is 0.252 e. The lowest BCUT2D eigenvalue weighted by Crippen LogP contribution is -2.47. The Bertz CT molecular complexity index is 1080. The van der Waals surface area contributed by atoms with Crippen molar-refractivity contribution in [3.8, 4) is 0 Å². The van der Waals surface area contributed by atoms with Gasteiger partial charge in [-0.25, -0.2) is 8.42 Å². The minimum Gasteiger partial charge on any atom is -0.336 e. The van der Waals surface area contributed by atoms with Crippen LogP contribution in [0.15, 0.2) is 34.5 Å². The first-order valence-electron chi connectivity index (χ1n) is 10.3. The normalized spacial score (nSPS) is 17.4. The van der Waals surface area contributed by atoms with Crippen LogP contribution in [0.1, 0.15) is 28.8 Å². The summed E-state index contributed by atoms with van der Waals surface area (Å²) in [5, 5.41) is 2.86. The molecule has 0 spiro atoms. The van der Waals surface area contributed by atoms with Gasteiger partial charge in [-0.05, 0) is 62.9 Å². The average Bonchev–Trinajstić information content (AvgIpc) is 3.18. The number of hydrogen-bond acceptors (Lipinski definition) is 5. The number of rotatable bonds is 6. The van der Waals surface area contributed by atoms with Gasteiger partial charge in [0.2, 0.25) is 11.8 Å². The number of piperidine rings is 1. The Morgan fingerprint density at radius 2 is 1.94 bits per heavy atom. The van der Waals surface area contributed by atoms with Gasteiger partial charge in [0.25, 0.3) is 10.0 Å². The number of sulfonamides is 1. The van der Waals surface area contributed by atoms with E-state index in [9.17, 15) is 18.0 Å². The molecule has 0 bridgehead atoms. The van der Waals surface area contributed by atoms with Gasteiger partial charge in [0.1, 0.15) is 4.21 Å². The zero-order valence-electron chi connectivity index (χ0n) is 18.3. The second-order valence-electron chi connectivity index (χ2n) is 8.06. The first-order valence-corrected chi connectivity index (χ1v) is 12.5. The van der Waals surface area contributed by atoms with Crippen molar-refractivity contribution < 1.29 is 18.0 Å². The molecule has 1 atom stereocenters. The highest BCUT2D eigenvalue weighted by Gasteiger charge is 2.35. The third-order valence-electron chi connectivity index (χ3n) is 5.68. The van der Waals surface area contributed by atoms with Crippen molar-refractivity contribution in [2.75, 3.05) is 32.0 Å². The van der Waals surface area contributed by atoms with Crippen molar-refractivity contribution in [3.63, 3.8) is 0 Å². The van der Waals surface area contributed by atoms with Gasteiger partial charge >= 0.3 is 0 Å². The fraction of sp³-hybridized carbons (Fsp3) is 0.455. The molecule has 2 aromatic rings. The fourth-order valence-electron chi connectivity index (χ4n) is 3.72. The summed E-state index contributed by atoms with van der Waals surface area (Å²) >= 11 is 1.24. The van der Waals surface area contributed by atoms with E-state index in [1.54, 1.807) is 19.2 Å². The summed E-state index contributed by atoms with van der Waals surface area (Å²) in [6, 6.07) is 9.08. The lowest BCUT2D eigenvalue weighted by Gasteiger charge is -2.32. The van der Waals surface area contributed by atoms with E-state index < -0.39 is 15.9 Å². The quantitative estimate of drug-likeness (QED) is 0.713. The number of carbonyl (C=O) groups excluding carboxylic acids is 2. The monoisotopic (exact) mass is 463 g/mol. The number of likely N-dealkylation sites (N-methyl/N-ethyl adjacent to an activating group) is 1. The van der Waals surface area contributed by atoms with Gasteiger partial charge in [0.05, 0.1) is 12.5 Å². The Balaban J connectivity index is 1.62. The fourth-order valence-corrected chi connectivity index (χ4v) is 6.68. The topological polar surface area (TPSA) is 86.8 Å². The third kappa shape index (κ3) is 5.34. The summed E-state index contributed by atoms with van der Waals surface area (Å²) in [7, 11) is -2.02. The Morgan fingerprint density at radius 1 is 1.19 bits per heavy atom. The molecular formula is C22H29N3O4S2. The molecule has 168 valence electrons. The molecule has 3 rings (SSSR count). The number of nitrogens with one attached hydrogen (secondary N) is 1. The highest BCUT2D eigenvalue weighted by molar-refractivity contribution is 7.91. The second-order valence-corrected chi connectivity index (χ2v) is 11.5. The predicted molar refractivity (Wildman–Crippen MR) is 123 cm³/mol. The molecular weight excluding hydrogens is 434 g/mol. The maximum absolute atomic E-state index is 12.9. The van der Waals surface area contributed by atoms with Crippen molar-refractivity contribution in [2.45, 2.75) is 37.8 Å². The van der Waals surface area contributed by atoms with Crippen LogP contribution in [0.2, 0.25) is 0 Å². The summed E-state index contributed by atoms with van der Waals surface area (Å²) in [6.45, 7) is 6.23. The van der Waals surface area contributed by atoms with Crippen LogP contribution in [-0.4, -0.2) is 56.1 Å². The van der Waals surface area contributed by atoms with E-state index in [1.807, 2.05) is 39.0 Å². The Hall–Kier alpha value is -2.23. The van der Waals surface area contributed by atoms with E-state index in [0.717, 1.165) is 21.7 Å². The van der Waals surface area contributed by atoms with E-state index in [-0.39, 0.29) is 24.9 Å². The molecule has 2 heterocycles. The van der Waals surface area contributed by atoms with E-state index in [0.29, 0.717) is 23.6 Å². The average molecular weight is 464 g/mol. The Morgan fingerprint density at radius 3 is 2.61 bits per heavy atom. The molecule has 1 aromatic carbocycles. The third-order valence-corrected chi connectivity index (χ3v) is 9.01. The molecule has 7 nitrogen and oxygen atoms in total. The largest absolute Gasteiger partial charge is 0.336 e. The molecule has 31 heavy (non-hydrogen) atoms. The van der Waals surface area contributed by atoms with Gasteiger partial charge in [-0.1, -0.05) is 12.1 Å². The summed E-state index contributed by atoms with van der Waals surface area (Å²) in [5.74, 6) is -0.944. The SMILES string of the molecule is Cc1ccc(S(=O)(=O)N2CCCC(C(=O)N(C)CC(=O)Nc3cccc(C)c3C)C2)s1. The van der Waals surface area contributed by atoms with Gasteiger partial charge in [-0.15, -0.1) is 11.3 Å². The lowest BCUT2D eigenvalue weighted by atomic mass is 9.98. The van der Waals surface area contributed by atoms with Crippen LogP contribution in [0, 0.1) is 26.7 Å². The molecule has 1 aliphatic rings. The van der Waals surface area contributed by atoms with Crippen LogP contribution in [0.3, 0.4) is 0 Å². The Kier molecular flexibility index (Phi) is 7.18. The molecule has 2 amide bonds. The molecule has 1 aromatic heterocycles. The molecule has 1 aliphatic heterocycles. The molecule has 0 aliphatic carbocycles. The van der Waals surface area contributed by atoms with Crippen LogP contribution >= 0.6 is 11.3 Å². The van der Waals surface area contributed by atoms with Crippen LogP contribution < -0.4 is 5.32 Å². The number of amides is 2. The first kappa shape index (κ1) is 23.4. The molecule has 1 saturated heterocycles. The molecule has 0 radical (unpaired) electrons. The Labute approximate surface area is 188 Å². The van der Waals surface area contributed by atoms with Crippen LogP contribution in [0.25, 0.3) is 0 Å². The highest BCUT2D eigenvalue weighted by Crippen LogP contribution is 2.28. The predicted octanol–water partition coefficient (Wildman–Crippen LogP) is 3.17. The highest BCUT2D eigenvalue weighted by atomic mass is 32.2. The van der Waals surface area contributed by atoms with E-state index in [2.05, 4.69) is 5.32 Å². The standard InChI is InChI=1S/C22H29N3O4S2/c1-15-7-5-9-19(17(15)3)23-20(26)14-24(4)22(27)18-8-6-12-25(13-18)31(28,29)21-11-10-16(2)30-21/h5,7,9-11,18H,6,8,12-14H2,1-4H3,(H,23,26). The number of thiophene rings is 1. The number of nitrogens with zero attached hydrogens (tertiary/aromatic N) is 2. The molecule has 1 fully saturated rings. The van der Waals surface area contributed by atoms with Crippen molar-refractivity contribution in [1.82, 2.24) is 9.21 Å². The summed E-state index contributed by atoms with van der Waals surface area (Å²) in [6.07, 6.45) is 1.22. The van der Waals surface area contributed by atoms with E-state index in [4.69, 9.17) is 0 Å². The number of anilines is 1. The van der Waals surface area contributed by atoms with Crippen LogP contribution in [-0.2, 0) is 19.6 Å². The van der Waals surface area contributed by atoms with Gasteiger partial charge in [0, 0.05) is 30.7 Å². The zero-order chi connectivity index (χ0) is 22.8. The zero-order valence-corrected chi connectivity index (χ0v) is 20.0. The molecule has 0 saturated carbocycles. The van der Waals surface area contributed by atoms with Gasteiger partial charge < -0.3 is 10.2 Å². The lowest BCUT2D eigenvalue weighted by molar-refractivity contribution is -0.138. The number of aryl methyl sites for hydroxylation is 2. The molecule has 1 unspecified atom stereocenters. The molecule has 1 N–H and O–H groups in total. The van der Waals surface area contributed by atoms with Crippen molar-refractivity contribution >= 4 is 38.9 Å². The van der Waals surface area contributed by atoms with Crippen molar-refractivity contribution in [2.24, 2.45) is 5.92 Å². The van der Waals surface area contributed by atoms with Gasteiger partial charge in [-0.3, -0.25) is 9.59 Å². The second kappa shape index (κ2) is 9.50. The summed E-state index contributed by atoms with van der Waals surface area (Å²) < 4.78 is 27.6.